The van der Waals surface area contributed by atoms with E-state index in [1.165, 1.54) is 28.4 Å². The van der Waals surface area contributed by atoms with Crippen molar-refractivity contribution in [2.45, 2.75) is 20.4 Å². The van der Waals surface area contributed by atoms with Crippen LogP contribution in [0.1, 0.15) is 27.7 Å². The average molecular weight is 397 g/mol. The average Bonchev–Trinajstić information content (AvgIpc) is 3.02. The van der Waals surface area contributed by atoms with Gasteiger partial charge in [-0.2, -0.15) is 0 Å². The molecule has 1 aromatic heterocycles. The lowest BCUT2D eigenvalue weighted by Gasteiger charge is -2.19. The molecule has 0 saturated carbocycles. The number of hydrogen-bond donors (Lipinski definition) is 0. The van der Waals surface area contributed by atoms with Crippen LogP contribution in [0.5, 0.6) is 0 Å². The topological polar surface area (TPSA) is 89.8 Å². The number of ether oxygens (including phenoxy) is 1. The van der Waals surface area contributed by atoms with E-state index in [-0.39, 0.29) is 17.2 Å². The summed E-state index contributed by atoms with van der Waals surface area (Å²) in [6.07, 6.45) is 0. The number of carbonyl (C=O) groups excluding carboxylic acids is 2. The lowest BCUT2D eigenvalue weighted by atomic mass is 10.1. The van der Waals surface area contributed by atoms with E-state index in [4.69, 9.17) is 16.3 Å². The highest BCUT2D eigenvalue weighted by Gasteiger charge is 2.19. The number of nitrogens with zero attached hydrogens (tertiary/aromatic N) is 2. The van der Waals surface area contributed by atoms with Gasteiger partial charge in [0.25, 0.3) is 11.6 Å². The van der Waals surface area contributed by atoms with E-state index in [2.05, 4.69) is 0 Å². The van der Waals surface area contributed by atoms with Crippen LogP contribution in [0.3, 0.4) is 0 Å². The van der Waals surface area contributed by atoms with E-state index >= 15 is 0 Å². The molecule has 0 unspecified atom stereocenters. The number of benzene rings is 1. The number of esters is 1. The molecule has 0 fully saturated rings. The van der Waals surface area contributed by atoms with Crippen LogP contribution in [0.15, 0.2) is 30.3 Å². The first kappa shape index (κ1) is 19.9. The van der Waals surface area contributed by atoms with Crippen LogP contribution in [0.4, 0.5) is 5.69 Å². The van der Waals surface area contributed by atoms with Crippen LogP contribution in [0, 0.1) is 17.0 Å². The van der Waals surface area contributed by atoms with Gasteiger partial charge in [0.05, 0.1) is 21.4 Å². The summed E-state index contributed by atoms with van der Waals surface area (Å²) in [5.41, 5.74) is 0.299. The first-order valence-corrected chi connectivity index (χ1v) is 8.95. The van der Waals surface area contributed by atoms with Crippen LogP contribution in [0.2, 0.25) is 4.34 Å². The third-order valence-electron chi connectivity index (χ3n) is 3.68. The Bertz CT molecular complexity index is 836. The van der Waals surface area contributed by atoms with E-state index in [9.17, 15) is 19.7 Å². The molecule has 0 N–H and O–H groups in total. The second kappa shape index (κ2) is 8.77. The molecule has 0 atom stereocenters. The van der Waals surface area contributed by atoms with Gasteiger partial charge in [0.15, 0.2) is 6.61 Å². The van der Waals surface area contributed by atoms with Crippen LogP contribution >= 0.6 is 22.9 Å². The minimum absolute atomic E-state index is 0.0307. The Hall–Kier alpha value is -2.45. The molecule has 0 saturated heterocycles. The van der Waals surface area contributed by atoms with Gasteiger partial charge in [-0.25, -0.2) is 4.79 Å². The highest BCUT2D eigenvalue weighted by Crippen LogP contribution is 2.23. The van der Waals surface area contributed by atoms with Gasteiger partial charge in [0.2, 0.25) is 0 Å². The van der Waals surface area contributed by atoms with Crippen LogP contribution in [-0.2, 0) is 16.1 Å². The lowest BCUT2D eigenvalue weighted by molar-refractivity contribution is -0.385. The SMILES string of the molecule is CCN(Cc1ccc(Cl)s1)C(=O)COC(=O)c1ccc(C)c([N+](=O)[O-])c1. The molecular weight excluding hydrogens is 380 g/mol. The fraction of sp³-hybridized carbons (Fsp3) is 0.294. The van der Waals surface area contributed by atoms with Crippen LogP contribution in [0.25, 0.3) is 0 Å². The summed E-state index contributed by atoms with van der Waals surface area (Å²) in [5.74, 6) is -1.14. The van der Waals surface area contributed by atoms with Crippen LogP contribution in [-0.4, -0.2) is 34.9 Å². The summed E-state index contributed by atoms with van der Waals surface area (Å²) >= 11 is 7.26. The molecule has 2 rings (SSSR count). The van der Waals surface area contributed by atoms with E-state index in [1.54, 1.807) is 13.0 Å². The maximum atomic E-state index is 12.3. The zero-order chi connectivity index (χ0) is 19.3. The third-order valence-corrected chi connectivity index (χ3v) is 4.89. The monoisotopic (exact) mass is 396 g/mol. The van der Waals surface area contributed by atoms with Gasteiger partial charge in [-0.3, -0.25) is 14.9 Å². The van der Waals surface area contributed by atoms with Crippen molar-refractivity contribution in [1.82, 2.24) is 4.90 Å². The molecule has 138 valence electrons. The maximum Gasteiger partial charge on any atom is 0.338 e. The summed E-state index contributed by atoms with van der Waals surface area (Å²) in [5, 5.41) is 11.0. The number of thiophene rings is 1. The van der Waals surface area contributed by atoms with Gasteiger partial charge in [-0.1, -0.05) is 17.7 Å². The molecule has 0 aliphatic rings. The zero-order valence-electron chi connectivity index (χ0n) is 14.2. The summed E-state index contributed by atoms with van der Waals surface area (Å²) in [4.78, 5) is 37.2. The van der Waals surface area contributed by atoms with E-state index in [0.29, 0.717) is 23.0 Å². The minimum atomic E-state index is -0.781. The highest BCUT2D eigenvalue weighted by molar-refractivity contribution is 7.16. The van der Waals surface area contributed by atoms with Gasteiger partial charge in [-0.05, 0) is 32.0 Å². The number of halogens is 1. The van der Waals surface area contributed by atoms with E-state index in [1.807, 2.05) is 13.0 Å². The fourth-order valence-electron chi connectivity index (χ4n) is 2.24. The molecule has 0 aliphatic heterocycles. The molecule has 1 amide bonds. The second-order valence-electron chi connectivity index (χ2n) is 5.45. The van der Waals surface area contributed by atoms with E-state index < -0.39 is 17.5 Å². The lowest BCUT2D eigenvalue weighted by Crippen LogP contribution is -2.33. The molecule has 0 aliphatic carbocycles. The molecular formula is C17H17ClN2O5S. The standard InChI is InChI=1S/C17H17ClN2O5S/c1-3-19(9-13-6-7-15(18)26-13)16(21)10-25-17(22)12-5-4-11(2)14(8-12)20(23)24/h4-8H,3,9-10H2,1-2H3. The number of likely N-dealkylation sites (N-methyl/N-ethyl adjacent to an activating group) is 1. The van der Waals surface area contributed by atoms with E-state index in [0.717, 1.165) is 10.9 Å². The number of nitro benzene ring substituents is 1. The Morgan fingerprint density at radius 3 is 2.62 bits per heavy atom. The number of nitro groups is 1. The molecule has 0 radical (unpaired) electrons. The Labute approximate surface area is 159 Å². The van der Waals surface area contributed by atoms with Gasteiger partial charge < -0.3 is 9.64 Å². The Kier molecular flexibility index (Phi) is 6.70. The van der Waals surface area contributed by atoms with Crippen molar-refractivity contribution in [2.24, 2.45) is 0 Å². The van der Waals surface area contributed by atoms with Crippen molar-refractivity contribution in [3.8, 4) is 0 Å². The molecule has 1 heterocycles. The largest absolute Gasteiger partial charge is 0.452 e. The van der Waals surface area contributed by atoms with Crippen molar-refractivity contribution in [3.05, 3.63) is 60.8 Å². The normalized spacial score (nSPS) is 10.4. The fourth-order valence-corrected chi connectivity index (χ4v) is 3.34. The van der Waals surface area contributed by atoms with Gasteiger partial charge in [-0.15, -0.1) is 11.3 Å². The first-order chi connectivity index (χ1) is 12.3. The number of rotatable bonds is 7. The third kappa shape index (κ3) is 5.03. The smallest absolute Gasteiger partial charge is 0.338 e. The minimum Gasteiger partial charge on any atom is -0.452 e. The first-order valence-electron chi connectivity index (χ1n) is 7.76. The van der Waals surface area contributed by atoms with Crippen molar-refractivity contribution < 1.29 is 19.2 Å². The summed E-state index contributed by atoms with van der Waals surface area (Å²) in [6.45, 7) is 3.78. The number of carbonyl (C=O) groups is 2. The molecule has 9 heteroatoms. The van der Waals surface area contributed by atoms with Gasteiger partial charge in [0, 0.05) is 23.1 Å². The predicted molar refractivity (Wildman–Crippen MR) is 98.5 cm³/mol. The zero-order valence-corrected chi connectivity index (χ0v) is 15.8. The molecule has 2 aromatic rings. The number of amides is 1. The Morgan fingerprint density at radius 1 is 1.31 bits per heavy atom. The van der Waals surface area contributed by atoms with Crippen LogP contribution < -0.4 is 0 Å². The van der Waals surface area contributed by atoms with Crippen molar-refractivity contribution >= 4 is 40.5 Å². The molecule has 0 bridgehead atoms. The van der Waals surface area contributed by atoms with Crippen molar-refractivity contribution in [2.75, 3.05) is 13.2 Å². The van der Waals surface area contributed by atoms with Crippen molar-refractivity contribution in [3.63, 3.8) is 0 Å². The summed E-state index contributed by atoms with van der Waals surface area (Å²) in [7, 11) is 0. The quantitative estimate of drug-likeness (QED) is 0.403. The maximum absolute atomic E-state index is 12.3. The van der Waals surface area contributed by atoms with Gasteiger partial charge >= 0.3 is 5.97 Å². The summed E-state index contributed by atoms with van der Waals surface area (Å²) in [6, 6.07) is 7.63. The molecule has 1 aromatic carbocycles. The predicted octanol–water partition coefficient (Wildman–Crippen LogP) is 3.82. The van der Waals surface area contributed by atoms with Crippen molar-refractivity contribution in [1.29, 1.82) is 0 Å². The Morgan fingerprint density at radius 2 is 2.04 bits per heavy atom. The molecule has 0 spiro atoms. The Balaban J connectivity index is 1.98. The summed E-state index contributed by atoms with van der Waals surface area (Å²) < 4.78 is 5.65. The highest BCUT2D eigenvalue weighted by atomic mass is 35.5. The molecule has 7 nitrogen and oxygen atoms in total. The number of aryl methyl sites for hydroxylation is 1. The van der Waals surface area contributed by atoms with Gasteiger partial charge in [0.1, 0.15) is 0 Å². The number of hydrogen-bond acceptors (Lipinski definition) is 6. The second-order valence-corrected chi connectivity index (χ2v) is 7.25. The molecule has 26 heavy (non-hydrogen) atoms.